The SMILES string of the molecule is COc1ccc(C)cc1NC(=O)c1ccnc(C(=O)NCCC(C)C)c1. The van der Waals surface area contributed by atoms with Gasteiger partial charge in [-0.1, -0.05) is 19.9 Å². The average Bonchev–Trinajstić information content (AvgIpc) is 2.61. The second-order valence-electron chi connectivity index (χ2n) is 6.53. The third kappa shape index (κ3) is 5.31. The maximum absolute atomic E-state index is 12.5. The number of ether oxygens (including phenoxy) is 1. The van der Waals surface area contributed by atoms with Gasteiger partial charge in [-0.3, -0.25) is 14.6 Å². The first-order valence-corrected chi connectivity index (χ1v) is 8.61. The maximum Gasteiger partial charge on any atom is 0.269 e. The summed E-state index contributed by atoms with van der Waals surface area (Å²) in [5.41, 5.74) is 2.16. The Bertz CT molecular complexity index is 788. The van der Waals surface area contributed by atoms with Crippen molar-refractivity contribution in [3.63, 3.8) is 0 Å². The molecule has 0 radical (unpaired) electrons. The summed E-state index contributed by atoms with van der Waals surface area (Å²) in [5, 5.41) is 5.64. The predicted molar refractivity (Wildman–Crippen MR) is 102 cm³/mol. The number of rotatable bonds is 7. The molecule has 26 heavy (non-hydrogen) atoms. The third-order valence-corrected chi connectivity index (χ3v) is 3.87. The van der Waals surface area contributed by atoms with Crippen molar-refractivity contribution in [2.75, 3.05) is 19.0 Å². The van der Waals surface area contributed by atoms with Crippen LogP contribution in [0.15, 0.2) is 36.5 Å². The van der Waals surface area contributed by atoms with Crippen LogP contribution >= 0.6 is 0 Å². The molecular formula is C20H25N3O3. The van der Waals surface area contributed by atoms with E-state index < -0.39 is 0 Å². The molecule has 0 atom stereocenters. The third-order valence-electron chi connectivity index (χ3n) is 3.87. The number of carbonyl (C=O) groups excluding carboxylic acids is 2. The Hall–Kier alpha value is -2.89. The van der Waals surface area contributed by atoms with Gasteiger partial charge in [0.2, 0.25) is 0 Å². The standard InChI is InChI=1S/C20H25N3O3/c1-13(2)7-9-22-20(25)17-12-15(8-10-21-17)19(24)23-16-11-14(3)5-6-18(16)26-4/h5-6,8,10-13H,7,9H2,1-4H3,(H,22,25)(H,23,24). The van der Waals surface area contributed by atoms with Gasteiger partial charge >= 0.3 is 0 Å². The van der Waals surface area contributed by atoms with Crippen LogP contribution in [0.4, 0.5) is 5.69 Å². The molecule has 0 aliphatic rings. The van der Waals surface area contributed by atoms with E-state index in [0.717, 1.165) is 12.0 Å². The normalized spacial score (nSPS) is 10.5. The first kappa shape index (κ1) is 19.4. The molecule has 0 saturated carbocycles. The number of nitrogens with zero attached hydrogens (tertiary/aromatic N) is 1. The highest BCUT2D eigenvalue weighted by Crippen LogP contribution is 2.25. The van der Waals surface area contributed by atoms with Crippen LogP contribution in [0, 0.1) is 12.8 Å². The molecule has 6 nitrogen and oxygen atoms in total. The highest BCUT2D eigenvalue weighted by molar-refractivity contribution is 6.06. The number of methoxy groups -OCH3 is 1. The number of aromatic nitrogens is 1. The van der Waals surface area contributed by atoms with Crippen LogP contribution in [0.2, 0.25) is 0 Å². The molecule has 2 N–H and O–H groups in total. The molecule has 138 valence electrons. The number of aryl methyl sites for hydroxylation is 1. The first-order chi connectivity index (χ1) is 12.4. The van der Waals surface area contributed by atoms with Gasteiger partial charge in [0, 0.05) is 18.3 Å². The van der Waals surface area contributed by atoms with Crippen LogP contribution in [0.5, 0.6) is 5.75 Å². The zero-order valence-corrected chi connectivity index (χ0v) is 15.6. The molecule has 2 rings (SSSR count). The lowest BCUT2D eigenvalue weighted by Gasteiger charge is -2.11. The summed E-state index contributed by atoms with van der Waals surface area (Å²) < 4.78 is 5.27. The van der Waals surface area contributed by atoms with Crippen molar-refractivity contribution in [2.24, 2.45) is 5.92 Å². The fraction of sp³-hybridized carbons (Fsp3) is 0.350. The maximum atomic E-state index is 12.5. The molecule has 0 fully saturated rings. The fourth-order valence-electron chi connectivity index (χ4n) is 2.37. The molecule has 0 saturated heterocycles. The van der Waals surface area contributed by atoms with Gasteiger partial charge in [-0.2, -0.15) is 0 Å². The minimum Gasteiger partial charge on any atom is -0.495 e. The van der Waals surface area contributed by atoms with Gasteiger partial charge in [-0.25, -0.2) is 0 Å². The van der Waals surface area contributed by atoms with Crippen LogP contribution in [0.25, 0.3) is 0 Å². The minimum atomic E-state index is -0.326. The van der Waals surface area contributed by atoms with Crippen LogP contribution in [0.1, 0.15) is 46.7 Å². The molecule has 0 aliphatic heterocycles. The van der Waals surface area contributed by atoms with Crippen molar-refractivity contribution in [3.8, 4) is 5.75 Å². The molecule has 0 spiro atoms. The highest BCUT2D eigenvalue weighted by atomic mass is 16.5. The zero-order valence-electron chi connectivity index (χ0n) is 15.6. The Labute approximate surface area is 154 Å². The van der Waals surface area contributed by atoms with Crippen LogP contribution in [0.3, 0.4) is 0 Å². The van der Waals surface area contributed by atoms with Gasteiger partial charge in [0.25, 0.3) is 11.8 Å². The van der Waals surface area contributed by atoms with Crippen molar-refractivity contribution in [1.82, 2.24) is 10.3 Å². The summed E-state index contributed by atoms with van der Waals surface area (Å²) in [6.45, 7) is 6.69. The number of benzene rings is 1. The average molecular weight is 355 g/mol. The largest absolute Gasteiger partial charge is 0.495 e. The molecule has 0 bridgehead atoms. The van der Waals surface area contributed by atoms with Gasteiger partial charge in [0.15, 0.2) is 0 Å². The summed E-state index contributed by atoms with van der Waals surface area (Å²) in [6.07, 6.45) is 2.35. The number of anilines is 1. The highest BCUT2D eigenvalue weighted by Gasteiger charge is 2.14. The lowest BCUT2D eigenvalue weighted by molar-refractivity contribution is 0.0947. The molecule has 0 aliphatic carbocycles. The molecule has 1 aromatic carbocycles. The van der Waals surface area contributed by atoms with Gasteiger partial charge in [0.1, 0.15) is 11.4 Å². The lowest BCUT2D eigenvalue weighted by Crippen LogP contribution is -2.26. The zero-order chi connectivity index (χ0) is 19.1. The van der Waals surface area contributed by atoms with Gasteiger partial charge in [-0.05, 0) is 49.1 Å². The van der Waals surface area contributed by atoms with E-state index in [1.165, 1.54) is 12.3 Å². The molecule has 2 amide bonds. The van der Waals surface area contributed by atoms with E-state index in [4.69, 9.17) is 4.74 Å². The summed E-state index contributed by atoms with van der Waals surface area (Å²) in [5.74, 6) is 0.468. The van der Waals surface area contributed by atoms with Crippen molar-refractivity contribution in [3.05, 3.63) is 53.3 Å². The fourth-order valence-corrected chi connectivity index (χ4v) is 2.37. The topological polar surface area (TPSA) is 80.3 Å². The molecule has 1 aromatic heterocycles. The van der Waals surface area contributed by atoms with E-state index in [1.54, 1.807) is 19.2 Å². The molecule has 0 unspecified atom stereocenters. The van der Waals surface area contributed by atoms with Crippen LogP contribution in [-0.4, -0.2) is 30.5 Å². The van der Waals surface area contributed by atoms with Gasteiger partial charge in [0.05, 0.1) is 12.8 Å². The van der Waals surface area contributed by atoms with E-state index in [9.17, 15) is 9.59 Å². The number of carbonyl (C=O) groups is 2. The Morgan fingerprint density at radius 2 is 1.92 bits per heavy atom. The summed E-state index contributed by atoms with van der Waals surface area (Å²) in [4.78, 5) is 28.8. The van der Waals surface area contributed by atoms with E-state index >= 15 is 0 Å². The summed E-state index contributed by atoms with van der Waals surface area (Å²) in [7, 11) is 1.55. The second-order valence-corrected chi connectivity index (χ2v) is 6.53. The Morgan fingerprint density at radius 1 is 1.15 bits per heavy atom. The first-order valence-electron chi connectivity index (χ1n) is 8.61. The molecule has 1 heterocycles. The Kier molecular flexibility index (Phi) is 6.72. The number of hydrogen-bond donors (Lipinski definition) is 2. The monoisotopic (exact) mass is 355 g/mol. The Morgan fingerprint density at radius 3 is 2.62 bits per heavy atom. The van der Waals surface area contributed by atoms with Crippen molar-refractivity contribution in [1.29, 1.82) is 0 Å². The summed E-state index contributed by atoms with van der Waals surface area (Å²) in [6, 6.07) is 8.59. The van der Waals surface area contributed by atoms with Crippen molar-refractivity contribution < 1.29 is 14.3 Å². The molecule has 6 heteroatoms. The van der Waals surface area contributed by atoms with Crippen LogP contribution in [-0.2, 0) is 0 Å². The van der Waals surface area contributed by atoms with Crippen LogP contribution < -0.4 is 15.4 Å². The minimum absolute atomic E-state index is 0.220. The van der Waals surface area contributed by atoms with E-state index in [1.807, 2.05) is 19.1 Å². The van der Waals surface area contributed by atoms with Crippen molar-refractivity contribution in [2.45, 2.75) is 27.2 Å². The molecule has 2 aromatic rings. The quantitative estimate of drug-likeness (QED) is 0.797. The second kappa shape index (κ2) is 8.99. The smallest absolute Gasteiger partial charge is 0.269 e. The Balaban J connectivity index is 2.10. The van der Waals surface area contributed by atoms with E-state index in [-0.39, 0.29) is 17.5 Å². The lowest BCUT2D eigenvalue weighted by atomic mass is 10.1. The van der Waals surface area contributed by atoms with Gasteiger partial charge < -0.3 is 15.4 Å². The van der Waals surface area contributed by atoms with E-state index in [2.05, 4.69) is 29.5 Å². The number of hydrogen-bond acceptors (Lipinski definition) is 4. The molecular weight excluding hydrogens is 330 g/mol. The summed E-state index contributed by atoms with van der Waals surface area (Å²) >= 11 is 0. The van der Waals surface area contributed by atoms with E-state index in [0.29, 0.717) is 29.5 Å². The number of amides is 2. The van der Waals surface area contributed by atoms with Crippen molar-refractivity contribution >= 4 is 17.5 Å². The number of pyridine rings is 1. The number of nitrogens with one attached hydrogen (secondary N) is 2. The van der Waals surface area contributed by atoms with Gasteiger partial charge in [-0.15, -0.1) is 0 Å². The predicted octanol–water partition coefficient (Wildman–Crippen LogP) is 3.43.